The van der Waals surface area contributed by atoms with Crippen molar-refractivity contribution in [3.63, 3.8) is 0 Å². The molecule has 2 fully saturated rings. The normalized spacial score (nSPS) is 21.0. The Kier molecular flexibility index (Phi) is 5.22. The molecular weight excluding hydrogens is 316 g/mol. The number of nitrogens with one attached hydrogen (secondary N) is 1. The summed E-state index contributed by atoms with van der Waals surface area (Å²) in [6.07, 6.45) is 3.03. The molecule has 6 nitrogen and oxygen atoms in total. The number of carbonyl (C=O) groups is 2. The lowest BCUT2D eigenvalue weighted by Gasteiger charge is -2.34. The molecule has 0 radical (unpaired) electrons. The zero-order valence-corrected chi connectivity index (χ0v) is 14.6. The molecule has 2 heterocycles. The van der Waals surface area contributed by atoms with E-state index in [2.05, 4.69) is 11.4 Å². The Morgan fingerprint density at radius 3 is 2.48 bits per heavy atom. The molecule has 0 aliphatic carbocycles. The Morgan fingerprint density at radius 1 is 1.12 bits per heavy atom. The van der Waals surface area contributed by atoms with Crippen LogP contribution in [-0.4, -0.2) is 55.0 Å². The largest absolute Gasteiger partial charge is 0.341 e. The molecule has 0 aromatic heterocycles. The van der Waals surface area contributed by atoms with Crippen LogP contribution in [0.3, 0.4) is 0 Å². The molecule has 2 aliphatic heterocycles. The van der Waals surface area contributed by atoms with E-state index in [0.29, 0.717) is 23.0 Å². The van der Waals surface area contributed by atoms with Crippen LogP contribution < -0.4 is 5.32 Å². The minimum atomic E-state index is -0.000879. The number of amides is 3. The van der Waals surface area contributed by atoms with E-state index >= 15 is 0 Å². The zero-order valence-electron chi connectivity index (χ0n) is 14.6. The third kappa shape index (κ3) is 3.76. The van der Waals surface area contributed by atoms with Gasteiger partial charge in [-0.3, -0.25) is 4.79 Å². The number of nitrogens with zero attached hydrogens (tertiary/aromatic N) is 3. The van der Waals surface area contributed by atoms with E-state index in [0.717, 1.165) is 45.4 Å². The second-order valence-corrected chi connectivity index (χ2v) is 6.87. The number of likely N-dealkylation sites (tertiary alicyclic amines) is 2. The standard InChI is InChI=1S/C19H24N4O2/c1-21-19(25)22-8-5-15(6-9-22)17-7-10-23(13-17)18(24)16-4-2-3-14(11-16)12-20/h2-4,11,15,17H,5-10,13H2,1H3,(H,21,25). The molecule has 132 valence electrons. The monoisotopic (exact) mass is 340 g/mol. The van der Waals surface area contributed by atoms with Crippen molar-refractivity contribution in [1.29, 1.82) is 5.26 Å². The van der Waals surface area contributed by atoms with Crippen molar-refractivity contribution >= 4 is 11.9 Å². The number of carbonyl (C=O) groups excluding carboxylic acids is 2. The van der Waals surface area contributed by atoms with E-state index in [1.54, 1.807) is 31.3 Å². The average Bonchev–Trinajstić information content (AvgIpc) is 3.17. The molecule has 1 aromatic rings. The van der Waals surface area contributed by atoms with E-state index in [-0.39, 0.29) is 11.9 Å². The number of nitriles is 1. The molecule has 1 aromatic carbocycles. The third-order valence-corrected chi connectivity index (χ3v) is 5.46. The van der Waals surface area contributed by atoms with Gasteiger partial charge in [-0.15, -0.1) is 0 Å². The predicted octanol–water partition coefficient (Wildman–Crippen LogP) is 2.07. The van der Waals surface area contributed by atoms with Crippen LogP contribution in [0.5, 0.6) is 0 Å². The second kappa shape index (κ2) is 7.56. The molecule has 1 N–H and O–H groups in total. The van der Waals surface area contributed by atoms with Gasteiger partial charge in [0.1, 0.15) is 0 Å². The minimum absolute atomic E-state index is 0.000879. The molecule has 2 saturated heterocycles. The van der Waals surface area contributed by atoms with Crippen molar-refractivity contribution in [1.82, 2.24) is 15.1 Å². The fourth-order valence-corrected chi connectivity index (χ4v) is 3.99. The average molecular weight is 340 g/mol. The van der Waals surface area contributed by atoms with E-state index in [4.69, 9.17) is 5.26 Å². The van der Waals surface area contributed by atoms with Crippen LogP contribution in [-0.2, 0) is 0 Å². The summed E-state index contributed by atoms with van der Waals surface area (Å²) >= 11 is 0. The third-order valence-electron chi connectivity index (χ3n) is 5.46. The van der Waals surface area contributed by atoms with E-state index in [1.165, 1.54) is 0 Å². The van der Waals surface area contributed by atoms with Crippen molar-refractivity contribution in [3.05, 3.63) is 35.4 Å². The molecule has 0 saturated carbocycles. The second-order valence-electron chi connectivity index (χ2n) is 6.87. The van der Waals surface area contributed by atoms with Crippen molar-refractivity contribution in [3.8, 4) is 6.07 Å². The van der Waals surface area contributed by atoms with Crippen LogP contribution in [0.1, 0.15) is 35.2 Å². The first kappa shape index (κ1) is 17.3. The highest BCUT2D eigenvalue weighted by molar-refractivity contribution is 5.94. The lowest BCUT2D eigenvalue weighted by Crippen LogP contribution is -2.44. The number of hydrogen-bond acceptors (Lipinski definition) is 3. The molecule has 0 spiro atoms. The van der Waals surface area contributed by atoms with E-state index < -0.39 is 0 Å². The van der Waals surface area contributed by atoms with Gasteiger partial charge in [0.2, 0.25) is 0 Å². The molecular formula is C19H24N4O2. The Morgan fingerprint density at radius 2 is 1.80 bits per heavy atom. The number of urea groups is 1. The van der Waals surface area contributed by atoms with Crippen LogP contribution >= 0.6 is 0 Å². The van der Waals surface area contributed by atoms with E-state index in [1.807, 2.05) is 9.80 Å². The van der Waals surface area contributed by atoms with Crippen molar-refractivity contribution in [2.75, 3.05) is 33.2 Å². The maximum Gasteiger partial charge on any atom is 0.317 e. The highest BCUT2D eigenvalue weighted by Gasteiger charge is 2.34. The van der Waals surface area contributed by atoms with Gasteiger partial charge in [0.15, 0.2) is 0 Å². The molecule has 6 heteroatoms. The Bertz CT molecular complexity index is 689. The summed E-state index contributed by atoms with van der Waals surface area (Å²) in [7, 11) is 1.66. The van der Waals surface area contributed by atoms with Crippen LogP contribution in [0.25, 0.3) is 0 Å². The maximum atomic E-state index is 12.7. The lowest BCUT2D eigenvalue weighted by atomic mass is 9.84. The quantitative estimate of drug-likeness (QED) is 0.895. The van der Waals surface area contributed by atoms with Gasteiger partial charge in [-0.2, -0.15) is 5.26 Å². The van der Waals surface area contributed by atoms with Crippen LogP contribution in [0.4, 0.5) is 4.79 Å². The van der Waals surface area contributed by atoms with Gasteiger partial charge < -0.3 is 15.1 Å². The first-order valence-electron chi connectivity index (χ1n) is 8.88. The SMILES string of the molecule is CNC(=O)N1CCC(C2CCN(C(=O)c3cccc(C#N)c3)C2)CC1. The first-order valence-corrected chi connectivity index (χ1v) is 8.88. The van der Waals surface area contributed by atoms with E-state index in [9.17, 15) is 9.59 Å². The summed E-state index contributed by atoms with van der Waals surface area (Å²) in [6, 6.07) is 8.99. The van der Waals surface area contributed by atoms with Gasteiger partial charge in [-0.05, 0) is 49.3 Å². The molecule has 3 amide bonds. The van der Waals surface area contributed by atoms with Gasteiger partial charge in [0.05, 0.1) is 11.6 Å². The van der Waals surface area contributed by atoms with Gasteiger partial charge in [0.25, 0.3) is 5.91 Å². The minimum Gasteiger partial charge on any atom is -0.341 e. The predicted molar refractivity (Wildman–Crippen MR) is 93.9 cm³/mol. The highest BCUT2D eigenvalue weighted by atomic mass is 16.2. The number of piperidine rings is 1. The van der Waals surface area contributed by atoms with Gasteiger partial charge in [-0.25, -0.2) is 4.79 Å². The van der Waals surface area contributed by atoms with Gasteiger partial charge in [0, 0.05) is 38.8 Å². The maximum absolute atomic E-state index is 12.7. The molecule has 3 rings (SSSR count). The summed E-state index contributed by atoms with van der Waals surface area (Å²) in [5, 5.41) is 11.7. The number of hydrogen-bond donors (Lipinski definition) is 1. The smallest absolute Gasteiger partial charge is 0.317 e. The molecule has 25 heavy (non-hydrogen) atoms. The Labute approximate surface area is 148 Å². The van der Waals surface area contributed by atoms with Gasteiger partial charge in [-0.1, -0.05) is 6.07 Å². The summed E-state index contributed by atoms with van der Waals surface area (Å²) < 4.78 is 0. The Balaban J connectivity index is 1.56. The summed E-state index contributed by atoms with van der Waals surface area (Å²) in [6.45, 7) is 3.13. The zero-order chi connectivity index (χ0) is 17.8. The van der Waals surface area contributed by atoms with Crippen molar-refractivity contribution in [2.24, 2.45) is 11.8 Å². The first-order chi connectivity index (χ1) is 12.1. The number of benzene rings is 1. The summed E-state index contributed by atoms with van der Waals surface area (Å²) in [5.74, 6) is 1.10. The van der Waals surface area contributed by atoms with Crippen molar-refractivity contribution in [2.45, 2.75) is 19.3 Å². The lowest BCUT2D eigenvalue weighted by molar-refractivity contribution is 0.0777. The van der Waals surface area contributed by atoms with Crippen LogP contribution in [0, 0.1) is 23.2 Å². The van der Waals surface area contributed by atoms with Crippen LogP contribution in [0.2, 0.25) is 0 Å². The highest BCUT2D eigenvalue weighted by Crippen LogP contribution is 2.32. The van der Waals surface area contributed by atoms with Gasteiger partial charge >= 0.3 is 6.03 Å². The summed E-state index contributed by atoms with van der Waals surface area (Å²) in [5.41, 5.74) is 1.11. The van der Waals surface area contributed by atoms with Crippen molar-refractivity contribution < 1.29 is 9.59 Å². The molecule has 1 unspecified atom stereocenters. The molecule has 2 aliphatic rings. The van der Waals surface area contributed by atoms with Crippen LogP contribution in [0.15, 0.2) is 24.3 Å². The Hall–Kier alpha value is -2.55. The summed E-state index contributed by atoms with van der Waals surface area (Å²) in [4.78, 5) is 28.1. The topological polar surface area (TPSA) is 76.4 Å². The number of rotatable bonds is 2. The molecule has 0 bridgehead atoms. The molecule has 1 atom stereocenters. The fourth-order valence-electron chi connectivity index (χ4n) is 3.99. The fraction of sp³-hybridized carbons (Fsp3) is 0.526.